The summed E-state index contributed by atoms with van der Waals surface area (Å²) in [5.41, 5.74) is 13.9. The third-order valence-electron chi connectivity index (χ3n) is 2.27. The molecule has 1 aromatic rings. The lowest BCUT2D eigenvalue weighted by Gasteiger charge is -2.16. The van der Waals surface area contributed by atoms with Gasteiger partial charge in [0.15, 0.2) is 0 Å². The van der Waals surface area contributed by atoms with E-state index < -0.39 is 0 Å². The second-order valence-electron chi connectivity index (χ2n) is 3.63. The van der Waals surface area contributed by atoms with Crippen molar-refractivity contribution >= 4 is 12.4 Å². The Labute approximate surface area is 92.1 Å². The van der Waals surface area contributed by atoms with E-state index in [-0.39, 0.29) is 18.4 Å². The molecule has 1 aromatic carbocycles. The van der Waals surface area contributed by atoms with Gasteiger partial charge in [0.25, 0.3) is 0 Å². The highest BCUT2D eigenvalue weighted by Crippen LogP contribution is 2.22. The first kappa shape index (κ1) is 13.4. The molecule has 0 saturated heterocycles. The first-order valence-electron chi connectivity index (χ1n) is 4.71. The summed E-state index contributed by atoms with van der Waals surface area (Å²) in [7, 11) is 0. The van der Waals surface area contributed by atoms with E-state index in [1.165, 1.54) is 11.1 Å². The maximum absolute atomic E-state index is 5.91. The molecular weight excluding hydrogens is 196 g/mol. The van der Waals surface area contributed by atoms with Gasteiger partial charge in [-0.25, -0.2) is 0 Å². The van der Waals surface area contributed by atoms with Crippen LogP contribution in [-0.2, 0) is 0 Å². The highest BCUT2D eigenvalue weighted by atomic mass is 35.5. The number of halogens is 1. The van der Waals surface area contributed by atoms with Gasteiger partial charge >= 0.3 is 0 Å². The molecule has 14 heavy (non-hydrogen) atoms. The number of nitrogens with two attached hydrogens (primary N) is 2. The van der Waals surface area contributed by atoms with Crippen LogP contribution in [0.2, 0.25) is 0 Å². The second kappa shape index (κ2) is 6.02. The molecule has 0 spiro atoms. The Balaban J connectivity index is 0.00000169. The summed E-state index contributed by atoms with van der Waals surface area (Å²) in [6.45, 7) is 4.84. The molecule has 0 radical (unpaired) electrons. The summed E-state index contributed by atoms with van der Waals surface area (Å²) < 4.78 is 0. The lowest BCUT2D eigenvalue weighted by molar-refractivity contribution is 0.710. The van der Waals surface area contributed by atoms with Crippen LogP contribution >= 0.6 is 12.4 Å². The van der Waals surface area contributed by atoms with Crippen molar-refractivity contribution in [2.45, 2.75) is 25.8 Å². The van der Waals surface area contributed by atoms with E-state index in [0.29, 0.717) is 12.5 Å². The van der Waals surface area contributed by atoms with Crippen LogP contribution in [-0.4, -0.2) is 6.54 Å². The van der Waals surface area contributed by atoms with E-state index in [0.717, 1.165) is 0 Å². The largest absolute Gasteiger partial charge is 0.329 e. The standard InChI is InChI=1S/C11H18N2.ClH/c1-8(2)9-5-3-4-6-10(9)11(13)7-12;/h3-6,8,11H,7,12-13H2,1-2H3;1H. The third kappa shape index (κ3) is 2.98. The van der Waals surface area contributed by atoms with E-state index in [4.69, 9.17) is 11.5 Å². The molecule has 80 valence electrons. The quantitative estimate of drug-likeness (QED) is 0.811. The van der Waals surface area contributed by atoms with Crippen LogP contribution in [0.3, 0.4) is 0 Å². The molecule has 1 rings (SSSR count). The van der Waals surface area contributed by atoms with Crippen LogP contribution in [0.15, 0.2) is 24.3 Å². The van der Waals surface area contributed by atoms with E-state index in [1.807, 2.05) is 12.1 Å². The molecule has 3 heteroatoms. The fourth-order valence-electron chi connectivity index (χ4n) is 1.50. The van der Waals surface area contributed by atoms with Crippen LogP contribution in [0, 0.1) is 0 Å². The van der Waals surface area contributed by atoms with Crippen molar-refractivity contribution in [3.8, 4) is 0 Å². The molecule has 0 bridgehead atoms. The third-order valence-corrected chi connectivity index (χ3v) is 2.27. The molecule has 0 aliphatic rings. The molecule has 0 fully saturated rings. The maximum Gasteiger partial charge on any atom is 0.0422 e. The van der Waals surface area contributed by atoms with Gasteiger partial charge in [0.1, 0.15) is 0 Å². The molecular formula is C11H19ClN2. The Kier molecular flexibility index (Phi) is 5.77. The second-order valence-corrected chi connectivity index (χ2v) is 3.63. The summed E-state index contributed by atoms with van der Waals surface area (Å²) in [6.07, 6.45) is 0. The minimum atomic E-state index is -0.0291. The monoisotopic (exact) mass is 214 g/mol. The van der Waals surface area contributed by atoms with Gasteiger partial charge in [-0.05, 0) is 17.0 Å². The topological polar surface area (TPSA) is 52.0 Å². The molecule has 1 unspecified atom stereocenters. The summed E-state index contributed by atoms with van der Waals surface area (Å²) in [6, 6.07) is 8.21. The molecule has 0 aromatic heterocycles. The van der Waals surface area contributed by atoms with Crippen molar-refractivity contribution in [2.75, 3.05) is 6.54 Å². The van der Waals surface area contributed by atoms with Gasteiger partial charge < -0.3 is 11.5 Å². The van der Waals surface area contributed by atoms with Crippen LogP contribution in [0.25, 0.3) is 0 Å². The van der Waals surface area contributed by atoms with E-state index in [9.17, 15) is 0 Å². The van der Waals surface area contributed by atoms with Crippen molar-refractivity contribution in [3.63, 3.8) is 0 Å². The fourth-order valence-corrected chi connectivity index (χ4v) is 1.50. The zero-order valence-corrected chi connectivity index (χ0v) is 9.55. The lowest BCUT2D eigenvalue weighted by Crippen LogP contribution is -2.22. The van der Waals surface area contributed by atoms with E-state index >= 15 is 0 Å². The van der Waals surface area contributed by atoms with Gasteiger partial charge in [0.2, 0.25) is 0 Å². The van der Waals surface area contributed by atoms with Crippen molar-refractivity contribution in [3.05, 3.63) is 35.4 Å². The SMILES string of the molecule is CC(C)c1ccccc1C(N)CN.Cl. The Morgan fingerprint density at radius 1 is 1.14 bits per heavy atom. The molecule has 0 amide bonds. The molecule has 0 saturated carbocycles. The minimum Gasteiger partial charge on any atom is -0.329 e. The van der Waals surface area contributed by atoms with Gasteiger partial charge in [-0.2, -0.15) is 0 Å². The van der Waals surface area contributed by atoms with Crippen LogP contribution < -0.4 is 11.5 Å². The predicted molar refractivity (Wildman–Crippen MR) is 63.8 cm³/mol. The molecule has 0 aliphatic carbocycles. The zero-order chi connectivity index (χ0) is 9.84. The molecule has 4 N–H and O–H groups in total. The maximum atomic E-state index is 5.91. The Morgan fingerprint density at radius 3 is 2.07 bits per heavy atom. The Bertz CT molecular complexity index is 274. The summed E-state index contributed by atoms with van der Waals surface area (Å²) in [5, 5.41) is 0. The molecule has 0 aliphatic heterocycles. The Morgan fingerprint density at radius 2 is 1.64 bits per heavy atom. The number of benzene rings is 1. The highest BCUT2D eigenvalue weighted by Gasteiger charge is 2.10. The number of hydrogen-bond donors (Lipinski definition) is 2. The smallest absolute Gasteiger partial charge is 0.0422 e. The normalized spacial score (nSPS) is 12.4. The summed E-state index contributed by atoms with van der Waals surface area (Å²) in [5.74, 6) is 0.508. The fraction of sp³-hybridized carbons (Fsp3) is 0.455. The first-order valence-corrected chi connectivity index (χ1v) is 4.71. The van der Waals surface area contributed by atoms with Crippen molar-refractivity contribution in [2.24, 2.45) is 11.5 Å². The van der Waals surface area contributed by atoms with Crippen LogP contribution in [0.1, 0.15) is 36.9 Å². The number of rotatable bonds is 3. The molecule has 1 atom stereocenters. The van der Waals surface area contributed by atoms with Crippen LogP contribution in [0.4, 0.5) is 0 Å². The number of hydrogen-bond acceptors (Lipinski definition) is 2. The van der Waals surface area contributed by atoms with Crippen molar-refractivity contribution in [1.82, 2.24) is 0 Å². The first-order chi connectivity index (χ1) is 6.16. The average Bonchev–Trinajstić information content (AvgIpc) is 2.16. The van der Waals surface area contributed by atoms with Crippen molar-refractivity contribution < 1.29 is 0 Å². The summed E-state index contributed by atoms with van der Waals surface area (Å²) >= 11 is 0. The summed E-state index contributed by atoms with van der Waals surface area (Å²) in [4.78, 5) is 0. The van der Waals surface area contributed by atoms with Gasteiger partial charge in [-0.15, -0.1) is 12.4 Å². The van der Waals surface area contributed by atoms with Crippen molar-refractivity contribution in [1.29, 1.82) is 0 Å². The molecule has 0 heterocycles. The van der Waals surface area contributed by atoms with E-state index in [1.54, 1.807) is 0 Å². The van der Waals surface area contributed by atoms with Crippen LogP contribution in [0.5, 0.6) is 0 Å². The minimum absolute atomic E-state index is 0. The van der Waals surface area contributed by atoms with Gasteiger partial charge in [-0.3, -0.25) is 0 Å². The van der Waals surface area contributed by atoms with E-state index in [2.05, 4.69) is 26.0 Å². The Hall–Kier alpha value is -0.570. The predicted octanol–water partition coefficient (Wildman–Crippen LogP) is 2.19. The average molecular weight is 215 g/mol. The molecule has 2 nitrogen and oxygen atoms in total. The lowest BCUT2D eigenvalue weighted by atomic mass is 9.93. The van der Waals surface area contributed by atoms with Gasteiger partial charge in [-0.1, -0.05) is 38.1 Å². The zero-order valence-electron chi connectivity index (χ0n) is 8.73. The highest BCUT2D eigenvalue weighted by molar-refractivity contribution is 5.85. The van der Waals surface area contributed by atoms with Gasteiger partial charge in [0, 0.05) is 12.6 Å². The van der Waals surface area contributed by atoms with Gasteiger partial charge in [0.05, 0.1) is 0 Å².